The number of thiocarbonyl (C=S) groups is 1. The summed E-state index contributed by atoms with van der Waals surface area (Å²) >= 11 is 4.87. The van der Waals surface area contributed by atoms with E-state index < -0.39 is 0 Å². The highest BCUT2D eigenvalue weighted by Gasteiger charge is 2.31. The molecule has 0 saturated heterocycles. The predicted octanol–water partition coefficient (Wildman–Crippen LogP) is 1.13. The number of nitrogens with zero attached hydrogens (tertiary/aromatic N) is 1. The van der Waals surface area contributed by atoms with E-state index in [0.717, 1.165) is 5.56 Å². The molecule has 2 amide bonds. The van der Waals surface area contributed by atoms with E-state index in [9.17, 15) is 9.59 Å². The lowest BCUT2D eigenvalue weighted by molar-refractivity contribution is -0.128. The number of nitrogens with two attached hydrogens (primary N) is 1. The molecule has 1 aliphatic heterocycles. The van der Waals surface area contributed by atoms with Crippen molar-refractivity contribution in [3.63, 3.8) is 0 Å². The zero-order valence-corrected chi connectivity index (χ0v) is 10.9. The Morgan fingerprint density at radius 3 is 2.78 bits per heavy atom. The molecule has 1 aliphatic rings. The second-order valence-electron chi connectivity index (χ2n) is 4.45. The summed E-state index contributed by atoms with van der Waals surface area (Å²) in [6.45, 7) is 2.06. The van der Waals surface area contributed by atoms with Gasteiger partial charge >= 0.3 is 0 Å². The predicted molar refractivity (Wildman–Crippen MR) is 72.1 cm³/mol. The van der Waals surface area contributed by atoms with Crippen molar-refractivity contribution in [1.29, 1.82) is 0 Å². The SMILES string of the molecule is CC(CN1C(=O)Cc2ccccc2C1=O)C(N)=S. The molecule has 0 aliphatic carbocycles. The van der Waals surface area contributed by atoms with Crippen molar-refractivity contribution < 1.29 is 9.59 Å². The summed E-state index contributed by atoms with van der Waals surface area (Å²) in [6.07, 6.45) is 0.256. The molecule has 94 valence electrons. The maximum Gasteiger partial charge on any atom is 0.260 e. The standard InChI is InChI=1S/C13H14N2O2S/c1-8(12(14)18)7-15-11(16)6-9-4-2-3-5-10(9)13(15)17/h2-5,8H,6-7H2,1H3,(H2,14,18). The molecule has 0 aromatic heterocycles. The number of hydrogen-bond acceptors (Lipinski definition) is 3. The Hall–Kier alpha value is -1.75. The number of rotatable bonds is 3. The fourth-order valence-corrected chi connectivity index (χ4v) is 2.02. The molecule has 0 radical (unpaired) electrons. The Balaban J connectivity index is 2.27. The van der Waals surface area contributed by atoms with E-state index in [1.54, 1.807) is 18.2 Å². The maximum absolute atomic E-state index is 12.2. The van der Waals surface area contributed by atoms with Gasteiger partial charge in [0.25, 0.3) is 5.91 Å². The quantitative estimate of drug-likeness (QED) is 0.655. The average Bonchev–Trinajstić information content (AvgIpc) is 2.34. The molecule has 5 heteroatoms. The van der Waals surface area contributed by atoms with Gasteiger partial charge in [-0.25, -0.2) is 0 Å². The fourth-order valence-electron chi connectivity index (χ4n) is 1.95. The highest BCUT2D eigenvalue weighted by atomic mass is 32.1. The lowest BCUT2D eigenvalue weighted by Crippen LogP contribution is -2.46. The van der Waals surface area contributed by atoms with E-state index in [-0.39, 0.29) is 30.7 Å². The number of hydrogen-bond donors (Lipinski definition) is 1. The number of imide groups is 1. The van der Waals surface area contributed by atoms with Crippen LogP contribution in [0.2, 0.25) is 0 Å². The molecule has 2 rings (SSSR count). The molecule has 0 fully saturated rings. The van der Waals surface area contributed by atoms with Gasteiger partial charge in [0.15, 0.2) is 0 Å². The number of fused-ring (bicyclic) bond motifs is 1. The van der Waals surface area contributed by atoms with Crippen LogP contribution in [0.3, 0.4) is 0 Å². The summed E-state index contributed by atoms with van der Waals surface area (Å²) in [4.78, 5) is 25.7. The third-order valence-electron chi connectivity index (χ3n) is 3.08. The largest absolute Gasteiger partial charge is 0.393 e. The Bertz CT molecular complexity index is 527. The molecular formula is C13H14N2O2S. The zero-order chi connectivity index (χ0) is 13.3. The average molecular weight is 262 g/mol. The number of carbonyl (C=O) groups is 2. The van der Waals surface area contributed by atoms with Gasteiger partial charge in [0.2, 0.25) is 5.91 Å². The van der Waals surface area contributed by atoms with Crippen LogP contribution in [0.15, 0.2) is 24.3 Å². The van der Waals surface area contributed by atoms with Crippen LogP contribution >= 0.6 is 12.2 Å². The van der Waals surface area contributed by atoms with Crippen molar-refractivity contribution in [2.24, 2.45) is 11.7 Å². The fraction of sp³-hybridized carbons (Fsp3) is 0.308. The van der Waals surface area contributed by atoms with Crippen LogP contribution in [0.1, 0.15) is 22.8 Å². The summed E-state index contributed by atoms with van der Waals surface area (Å²) in [5, 5.41) is 0. The number of amides is 2. The number of benzene rings is 1. The van der Waals surface area contributed by atoms with Crippen LogP contribution in [0.25, 0.3) is 0 Å². The highest BCUT2D eigenvalue weighted by Crippen LogP contribution is 2.20. The van der Waals surface area contributed by atoms with E-state index in [1.807, 2.05) is 13.0 Å². The molecule has 0 saturated carbocycles. The van der Waals surface area contributed by atoms with Gasteiger partial charge in [-0.05, 0) is 11.6 Å². The Morgan fingerprint density at radius 1 is 1.44 bits per heavy atom. The molecule has 1 aromatic rings. The first-order chi connectivity index (χ1) is 8.50. The number of carbonyl (C=O) groups excluding carboxylic acids is 2. The van der Waals surface area contributed by atoms with Gasteiger partial charge in [-0.1, -0.05) is 37.3 Å². The second kappa shape index (κ2) is 4.86. The van der Waals surface area contributed by atoms with Gasteiger partial charge in [-0.2, -0.15) is 0 Å². The lowest BCUT2D eigenvalue weighted by atomic mass is 9.97. The molecule has 1 unspecified atom stereocenters. The van der Waals surface area contributed by atoms with Crippen LogP contribution in [-0.4, -0.2) is 28.2 Å². The minimum Gasteiger partial charge on any atom is -0.393 e. The maximum atomic E-state index is 12.2. The van der Waals surface area contributed by atoms with E-state index in [0.29, 0.717) is 10.6 Å². The van der Waals surface area contributed by atoms with Crippen LogP contribution < -0.4 is 5.73 Å². The van der Waals surface area contributed by atoms with Crippen molar-refractivity contribution in [3.05, 3.63) is 35.4 Å². The third-order valence-corrected chi connectivity index (χ3v) is 3.48. The molecule has 0 spiro atoms. The first kappa shape index (κ1) is 12.7. The van der Waals surface area contributed by atoms with Gasteiger partial charge in [0.05, 0.1) is 11.4 Å². The van der Waals surface area contributed by atoms with Crippen molar-refractivity contribution >= 4 is 29.0 Å². The van der Waals surface area contributed by atoms with E-state index in [4.69, 9.17) is 18.0 Å². The normalized spacial score (nSPS) is 16.4. The van der Waals surface area contributed by atoms with Crippen molar-refractivity contribution in [3.8, 4) is 0 Å². The van der Waals surface area contributed by atoms with E-state index >= 15 is 0 Å². The van der Waals surface area contributed by atoms with Gasteiger partial charge in [-0.15, -0.1) is 0 Å². The summed E-state index contributed by atoms with van der Waals surface area (Å²) in [5.74, 6) is -0.620. The molecule has 18 heavy (non-hydrogen) atoms. The van der Waals surface area contributed by atoms with Crippen molar-refractivity contribution in [2.75, 3.05) is 6.54 Å². The summed E-state index contributed by atoms with van der Waals surface area (Å²) in [5.41, 5.74) is 6.89. The van der Waals surface area contributed by atoms with Gasteiger partial charge in [-0.3, -0.25) is 14.5 Å². The van der Waals surface area contributed by atoms with Crippen LogP contribution in [0, 0.1) is 5.92 Å². The highest BCUT2D eigenvalue weighted by molar-refractivity contribution is 7.80. The van der Waals surface area contributed by atoms with Crippen LogP contribution in [0.5, 0.6) is 0 Å². The monoisotopic (exact) mass is 262 g/mol. The second-order valence-corrected chi connectivity index (χ2v) is 4.92. The van der Waals surface area contributed by atoms with Crippen LogP contribution in [-0.2, 0) is 11.2 Å². The molecule has 1 aromatic carbocycles. The lowest BCUT2D eigenvalue weighted by Gasteiger charge is -2.28. The topological polar surface area (TPSA) is 63.4 Å². The summed E-state index contributed by atoms with van der Waals surface area (Å²) < 4.78 is 0. The summed E-state index contributed by atoms with van der Waals surface area (Å²) in [6, 6.07) is 7.16. The first-order valence-electron chi connectivity index (χ1n) is 5.72. The molecule has 1 atom stereocenters. The van der Waals surface area contributed by atoms with E-state index in [1.165, 1.54) is 4.90 Å². The molecule has 0 bridgehead atoms. The Labute approximate surface area is 111 Å². The molecule has 1 heterocycles. The third kappa shape index (κ3) is 2.26. The van der Waals surface area contributed by atoms with Crippen molar-refractivity contribution in [2.45, 2.75) is 13.3 Å². The molecular weight excluding hydrogens is 248 g/mol. The van der Waals surface area contributed by atoms with Gasteiger partial charge in [0, 0.05) is 18.0 Å². The first-order valence-corrected chi connectivity index (χ1v) is 6.13. The van der Waals surface area contributed by atoms with Crippen molar-refractivity contribution in [1.82, 2.24) is 4.90 Å². The van der Waals surface area contributed by atoms with Gasteiger partial charge < -0.3 is 5.73 Å². The minimum atomic E-state index is -0.259. The van der Waals surface area contributed by atoms with Crippen LogP contribution in [0.4, 0.5) is 0 Å². The van der Waals surface area contributed by atoms with E-state index in [2.05, 4.69) is 0 Å². The Kier molecular flexibility index (Phi) is 3.43. The summed E-state index contributed by atoms with van der Waals surface area (Å²) in [7, 11) is 0. The molecule has 4 nitrogen and oxygen atoms in total. The zero-order valence-electron chi connectivity index (χ0n) is 10.1. The Morgan fingerprint density at radius 2 is 2.11 bits per heavy atom. The molecule has 2 N–H and O–H groups in total. The smallest absolute Gasteiger partial charge is 0.260 e. The van der Waals surface area contributed by atoms with Gasteiger partial charge in [0.1, 0.15) is 0 Å². The minimum absolute atomic E-state index is 0.168.